The first kappa shape index (κ1) is 33.1. The number of ether oxygens (including phenoxy) is 2. The third kappa shape index (κ3) is 8.66. The van der Waals surface area contributed by atoms with Crippen LogP contribution in [0.3, 0.4) is 0 Å². The third-order valence-electron chi connectivity index (χ3n) is 6.79. The molecule has 0 heterocycles. The van der Waals surface area contributed by atoms with Crippen molar-refractivity contribution in [3.8, 4) is 34.1 Å². The Kier molecular flexibility index (Phi) is 11.9. The molecule has 0 fully saturated rings. The van der Waals surface area contributed by atoms with Crippen LogP contribution in [0.5, 0.6) is 23.0 Å². The second-order valence-corrected chi connectivity index (χ2v) is 12.4. The maximum absolute atomic E-state index is 10.0. The lowest BCUT2D eigenvalue weighted by Gasteiger charge is -2.14. The zero-order valence-corrected chi connectivity index (χ0v) is 29.3. The number of rotatable bonds is 8. The Balaban J connectivity index is 0.000000204. The van der Waals surface area contributed by atoms with Gasteiger partial charge in [-0.1, -0.05) is 60.7 Å². The van der Waals surface area contributed by atoms with Crippen molar-refractivity contribution in [1.29, 1.82) is 0 Å². The summed E-state index contributed by atoms with van der Waals surface area (Å²) >= 11 is 4.27. The molecule has 0 bridgehead atoms. The van der Waals surface area contributed by atoms with Crippen molar-refractivity contribution in [3.05, 3.63) is 126 Å². The smallest absolute Gasteiger partial charge is 0.144 e. The monoisotopic (exact) mass is 812 g/mol. The van der Waals surface area contributed by atoms with E-state index in [1.54, 1.807) is 20.4 Å². The molecular formula is C36H34I2N2O4. The largest absolute Gasteiger partial charge is 0.506 e. The van der Waals surface area contributed by atoms with Gasteiger partial charge in [0.2, 0.25) is 0 Å². The highest BCUT2D eigenvalue weighted by atomic mass is 127. The molecular weight excluding hydrogens is 778 g/mol. The molecule has 0 atom stereocenters. The van der Waals surface area contributed by atoms with Crippen molar-refractivity contribution >= 4 is 62.8 Å². The van der Waals surface area contributed by atoms with Gasteiger partial charge in [0.15, 0.2) is 0 Å². The van der Waals surface area contributed by atoms with E-state index in [0.717, 1.165) is 46.6 Å². The molecule has 3 N–H and O–H groups in total. The number of benzene rings is 5. The van der Waals surface area contributed by atoms with Crippen LogP contribution in [-0.4, -0.2) is 30.6 Å². The molecule has 0 radical (unpaired) electrons. The molecule has 0 spiro atoms. The molecule has 6 nitrogen and oxygen atoms in total. The molecule has 226 valence electrons. The molecule has 5 aromatic carbocycles. The molecule has 0 saturated carbocycles. The number of methoxy groups -OCH3 is 2. The number of phenols is 2. The number of anilines is 1. The van der Waals surface area contributed by atoms with Gasteiger partial charge in [-0.15, -0.1) is 0 Å². The number of aryl methyl sites for hydroxylation is 2. The van der Waals surface area contributed by atoms with Crippen LogP contribution in [-0.2, 0) is 6.54 Å². The van der Waals surface area contributed by atoms with Gasteiger partial charge in [-0.3, -0.25) is 4.99 Å². The summed E-state index contributed by atoms with van der Waals surface area (Å²) in [7, 11) is 3.38. The fraction of sp³-hybridized carbons (Fsp3) is 0.139. The number of aromatic hydroxyl groups is 2. The van der Waals surface area contributed by atoms with E-state index in [2.05, 4.69) is 85.8 Å². The Morgan fingerprint density at radius 2 is 1.45 bits per heavy atom. The lowest BCUT2D eigenvalue weighted by molar-refractivity contribution is 0.409. The number of nitrogens with one attached hydrogen (secondary N) is 1. The Hall–Kier alpha value is -3.77. The lowest BCUT2D eigenvalue weighted by Crippen LogP contribution is -2.03. The maximum Gasteiger partial charge on any atom is 0.144 e. The summed E-state index contributed by atoms with van der Waals surface area (Å²) in [6, 6.07) is 32.0. The standard InChI is InChI=1S/C21H21NO2.C15H13I2NO2/c1-23-20-11-7-6-10-18(20)15-22-19-14-17(12-13-21(19)24-2)16-8-4-3-5-9-16;1-8-3-9(2)14(19)13(4-8)18-7-10-5-11(16)6-12(17)15(10)20/h3-14,22H,15H2,1-2H3;3-7,19-20H,1-2H3. The highest BCUT2D eigenvalue weighted by Gasteiger charge is 2.09. The topological polar surface area (TPSA) is 83.3 Å². The van der Waals surface area contributed by atoms with Crippen LogP contribution in [0.1, 0.15) is 22.3 Å². The number of halogens is 2. The van der Waals surface area contributed by atoms with E-state index in [9.17, 15) is 10.2 Å². The van der Waals surface area contributed by atoms with Gasteiger partial charge in [-0.05, 0) is 118 Å². The van der Waals surface area contributed by atoms with Gasteiger partial charge in [0.25, 0.3) is 0 Å². The summed E-state index contributed by atoms with van der Waals surface area (Å²) in [4.78, 5) is 4.30. The number of phenolic OH excluding ortho intramolecular Hbond substituents is 2. The summed E-state index contributed by atoms with van der Waals surface area (Å²) in [5.74, 6) is 2.08. The highest BCUT2D eigenvalue weighted by molar-refractivity contribution is 14.1. The predicted octanol–water partition coefficient (Wildman–Crippen LogP) is 9.66. The number of aliphatic imine (C=N–C) groups is 1. The summed E-state index contributed by atoms with van der Waals surface area (Å²) in [6.07, 6.45) is 1.58. The normalized spacial score (nSPS) is 10.7. The molecule has 0 aromatic heterocycles. The second kappa shape index (κ2) is 15.8. The zero-order valence-electron chi connectivity index (χ0n) is 24.9. The molecule has 0 amide bonds. The van der Waals surface area contributed by atoms with Crippen LogP contribution < -0.4 is 14.8 Å². The minimum absolute atomic E-state index is 0.173. The van der Waals surface area contributed by atoms with E-state index in [1.807, 2.05) is 80.6 Å². The van der Waals surface area contributed by atoms with Gasteiger partial charge in [-0.25, -0.2) is 0 Å². The van der Waals surface area contributed by atoms with E-state index in [0.29, 0.717) is 17.8 Å². The SMILES string of the molecule is COc1ccccc1CNc1cc(-c2ccccc2)ccc1OC.Cc1cc(C)c(O)c(N=Cc2cc(I)cc(I)c2O)c1. The van der Waals surface area contributed by atoms with Gasteiger partial charge in [0.1, 0.15) is 28.7 Å². The Labute approximate surface area is 286 Å². The first-order chi connectivity index (χ1) is 21.2. The molecule has 0 unspecified atom stereocenters. The minimum Gasteiger partial charge on any atom is -0.506 e. The van der Waals surface area contributed by atoms with Gasteiger partial charge in [0.05, 0.1) is 23.5 Å². The zero-order chi connectivity index (χ0) is 31.6. The van der Waals surface area contributed by atoms with Crippen LogP contribution in [0.15, 0.2) is 102 Å². The van der Waals surface area contributed by atoms with Crippen molar-refractivity contribution < 1.29 is 19.7 Å². The second-order valence-electron chi connectivity index (χ2n) is 9.98. The van der Waals surface area contributed by atoms with Crippen LogP contribution in [0.2, 0.25) is 0 Å². The average molecular weight is 812 g/mol. The average Bonchev–Trinajstić information content (AvgIpc) is 3.03. The predicted molar refractivity (Wildman–Crippen MR) is 197 cm³/mol. The van der Waals surface area contributed by atoms with E-state index in [1.165, 1.54) is 5.56 Å². The lowest BCUT2D eigenvalue weighted by atomic mass is 10.0. The van der Waals surface area contributed by atoms with E-state index < -0.39 is 0 Å². The summed E-state index contributed by atoms with van der Waals surface area (Å²) in [5.41, 5.74) is 7.37. The third-order valence-corrected chi connectivity index (χ3v) is 8.24. The Morgan fingerprint density at radius 1 is 0.750 bits per heavy atom. The van der Waals surface area contributed by atoms with Crippen LogP contribution >= 0.6 is 45.2 Å². The number of nitrogens with zero attached hydrogens (tertiary/aromatic N) is 1. The maximum atomic E-state index is 10.0. The summed E-state index contributed by atoms with van der Waals surface area (Å²) in [6.45, 7) is 4.46. The van der Waals surface area contributed by atoms with Crippen LogP contribution in [0.4, 0.5) is 11.4 Å². The van der Waals surface area contributed by atoms with E-state index in [4.69, 9.17) is 9.47 Å². The summed E-state index contributed by atoms with van der Waals surface area (Å²) < 4.78 is 12.7. The molecule has 5 rings (SSSR count). The molecule has 0 aliphatic heterocycles. The minimum atomic E-state index is 0.173. The van der Waals surface area contributed by atoms with Crippen molar-refractivity contribution in [2.45, 2.75) is 20.4 Å². The van der Waals surface area contributed by atoms with Crippen molar-refractivity contribution in [2.24, 2.45) is 4.99 Å². The van der Waals surface area contributed by atoms with Crippen LogP contribution in [0, 0.1) is 21.0 Å². The van der Waals surface area contributed by atoms with Gasteiger partial charge >= 0.3 is 0 Å². The highest BCUT2D eigenvalue weighted by Crippen LogP contribution is 2.33. The van der Waals surface area contributed by atoms with Crippen LogP contribution in [0.25, 0.3) is 11.1 Å². The Morgan fingerprint density at radius 3 is 2.18 bits per heavy atom. The van der Waals surface area contributed by atoms with Crippen molar-refractivity contribution in [1.82, 2.24) is 0 Å². The quantitative estimate of drug-likeness (QED) is 0.107. The summed E-state index contributed by atoms with van der Waals surface area (Å²) in [5, 5.41) is 23.5. The molecule has 0 aliphatic rings. The fourth-order valence-corrected chi connectivity index (χ4v) is 6.44. The number of hydrogen-bond donors (Lipinski definition) is 3. The molecule has 0 aliphatic carbocycles. The molecule has 44 heavy (non-hydrogen) atoms. The number of hydrogen-bond acceptors (Lipinski definition) is 6. The first-order valence-corrected chi connectivity index (χ1v) is 16.0. The number of para-hydroxylation sites is 1. The first-order valence-electron chi connectivity index (χ1n) is 13.8. The van der Waals surface area contributed by atoms with Gasteiger partial charge in [0, 0.05) is 27.5 Å². The van der Waals surface area contributed by atoms with Gasteiger partial charge < -0.3 is 25.0 Å². The van der Waals surface area contributed by atoms with Crippen molar-refractivity contribution in [3.63, 3.8) is 0 Å². The molecule has 5 aromatic rings. The van der Waals surface area contributed by atoms with Crippen molar-refractivity contribution in [2.75, 3.05) is 19.5 Å². The fourth-order valence-electron chi connectivity index (χ4n) is 4.56. The Bertz CT molecular complexity index is 1700. The van der Waals surface area contributed by atoms with Gasteiger partial charge in [-0.2, -0.15) is 0 Å². The van der Waals surface area contributed by atoms with E-state index >= 15 is 0 Å². The van der Waals surface area contributed by atoms with E-state index in [-0.39, 0.29) is 11.5 Å². The molecule has 0 saturated heterocycles. The molecule has 8 heteroatoms.